The van der Waals surface area contributed by atoms with Crippen LogP contribution in [-0.2, 0) is 11.3 Å². The Morgan fingerprint density at radius 2 is 1.81 bits per heavy atom. The number of amides is 1. The summed E-state index contributed by atoms with van der Waals surface area (Å²) in [6.45, 7) is 4.45. The Balaban J connectivity index is 1.83. The maximum absolute atomic E-state index is 12.2. The summed E-state index contributed by atoms with van der Waals surface area (Å²) < 4.78 is 10.8. The van der Waals surface area contributed by atoms with E-state index in [0.29, 0.717) is 18.7 Å². The van der Waals surface area contributed by atoms with Crippen molar-refractivity contribution in [2.45, 2.75) is 26.8 Å². The van der Waals surface area contributed by atoms with E-state index in [1.165, 1.54) is 0 Å². The number of carbonyl (C=O) groups is 1. The minimum absolute atomic E-state index is 0.273. The SMILES string of the molecule is COc1ccc(CNC(=O)C(C#N)CCOc2cc(C)c(Cl)c(C)c2)cc1. The van der Waals surface area contributed by atoms with Crippen LogP contribution in [0.1, 0.15) is 23.1 Å². The molecule has 1 N–H and O–H groups in total. The van der Waals surface area contributed by atoms with Crippen LogP contribution in [0.5, 0.6) is 11.5 Å². The highest BCUT2D eigenvalue weighted by Crippen LogP contribution is 2.26. The summed E-state index contributed by atoms with van der Waals surface area (Å²) in [4.78, 5) is 12.2. The zero-order valence-electron chi connectivity index (χ0n) is 15.7. The Morgan fingerprint density at radius 3 is 2.37 bits per heavy atom. The monoisotopic (exact) mass is 386 g/mol. The second-order valence-corrected chi connectivity index (χ2v) is 6.63. The molecule has 0 aliphatic carbocycles. The van der Waals surface area contributed by atoms with E-state index in [4.69, 9.17) is 21.1 Å². The van der Waals surface area contributed by atoms with Crippen LogP contribution in [0.15, 0.2) is 36.4 Å². The van der Waals surface area contributed by atoms with Gasteiger partial charge >= 0.3 is 0 Å². The lowest BCUT2D eigenvalue weighted by molar-refractivity contribution is -0.123. The van der Waals surface area contributed by atoms with Gasteiger partial charge in [0.1, 0.15) is 17.4 Å². The predicted octanol–water partition coefficient (Wildman–Crippen LogP) is 4.19. The molecule has 0 aliphatic rings. The normalized spacial score (nSPS) is 11.4. The van der Waals surface area contributed by atoms with Crippen LogP contribution in [0.2, 0.25) is 5.02 Å². The highest BCUT2D eigenvalue weighted by Gasteiger charge is 2.17. The fourth-order valence-corrected chi connectivity index (χ4v) is 2.70. The lowest BCUT2D eigenvalue weighted by atomic mass is 10.1. The first-order chi connectivity index (χ1) is 12.9. The van der Waals surface area contributed by atoms with Gasteiger partial charge in [0.15, 0.2) is 0 Å². The molecule has 1 unspecified atom stereocenters. The van der Waals surface area contributed by atoms with E-state index in [9.17, 15) is 10.1 Å². The van der Waals surface area contributed by atoms with Gasteiger partial charge in [0.05, 0.1) is 19.8 Å². The zero-order chi connectivity index (χ0) is 19.8. The van der Waals surface area contributed by atoms with Crippen LogP contribution in [0, 0.1) is 31.1 Å². The Hall–Kier alpha value is -2.71. The minimum atomic E-state index is -0.766. The third-order valence-electron chi connectivity index (χ3n) is 4.18. The van der Waals surface area contributed by atoms with Gasteiger partial charge in [-0.2, -0.15) is 5.26 Å². The number of hydrogen-bond acceptors (Lipinski definition) is 4. The molecule has 142 valence electrons. The summed E-state index contributed by atoms with van der Waals surface area (Å²) in [5.74, 6) is 0.368. The van der Waals surface area contributed by atoms with Gasteiger partial charge in [-0.3, -0.25) is 4.79 Å². The summed E-state index contributed by atoms with van der Waals surface area (Å²) in [5.41, 5.74) is 2.80. The smallest absolute Gasteiger partial charge is 0.237 e. The van der Waals surface area contributed by atoms with E-state index in [1.807, 2.05) is 56.3 Å². The van der Waals surface area contributed by atoms with Crippen LogP contribution < -0.4 is 14.8 Å². The second-order valence-electron chi connectivity index (χ2n) is 6.26. The van der Waals surface area contributed by atoms with Crippen molar-refractivity contribution < 1.29 is 14.3 Å². The fourth-order valence-electron chi connectivity index (χ4n) is 2.59. The average molecular weight is 387 g/mol. The second kappa shape index (κ2) is 9.84. The average Bonchev–Trinajstić information content (AvgIpc) is 2.67. The number of rotatable bonds is 8. The third-order valence-corrected chi connectivity index (χ3v) is 4.78. The molecule has 0 saturated carbocycles. The molecule has 0 aliphatic heterocycles. The summed E-state index contributed by atoms with van der Waals surface area (Å²) in [7, 11) is 1.60. The van der Waals surface area contributed by atoms with Gasteiger partial charge < -0.3 is 14.8 Å². The molecule has 0 heterocycles. The van der Waals surface area contributed by atoms with Crippen LogP contribution in [0.4, 0.5) is 0 Å². The van der Waals surface area contributed by atoms with Gasteiger partial charge in [-0.25, -0.2) is 0 Å². The molecular weight excluding hydrogens is 364 g/mol. The molecule has 1 atom stereocenters. The molecule has 0 aromatic heterocycles. The van der Waals surface area contributed by atoms with Gasteiger partial charge in [0.25, 0.3) is 0 Å². The van der Waals surface area contributed by atoms with Gasteiger partial charge in [-0.15, -0.1) is 0 Å². The van der Waals surface area contributed by atoms with Crippen LogP contribution in [0.25, 0.3) is 0 Å². The van der Waals surface area contributed by atoms with Crippen molar-refractivity contribution in [2.24, 2.45) is 5.92 Å². The van der Waals surface area contributed by atoms with Gasteiger partial charge in [-0.1, -0.05) is 23.7 Å². The van der Waals surface area contributed by atoms with E-state index < -0.39 is 5.92 Å². The largest absolute Gasteiger partial charge is 0.497 e. The van der Waals surface area contributed by atoms with Crippen molar-refractivity contribution in [3.05, 3.63) is 58.1 Å². The Morgan fingerprint density at radius 1 is 1.19 bits per heavy atom. The predicted molar refractivity (Wildman–Crippen MR) is 105 cm³/mol. The van der Waals surface area contributed by atoms with Crippen molar-refractivity contribution in [3.63, 3.8) is 0 Å². The van der Waals surface area contributed by atoms with Crippen molar-refractivity contribution >= 4 is 17.5 Å². The number of methoxy groups -OCH3 is 1. The molecule has 27 heavy (non-hydrogen) atoms. The minimum Gasteiger partial charge on any atom is -0.497 e. The van der Waals surface area contributed by atoms with Crippen LogP contribution in [-0.4, -0.2) is 19.6 Å². The molecule has 0 bridgehead atoms. The molecule has 0 radical (unpaired) electrons. The molecule has 2 aromatic carbocycles. The fraction of sp³-hybridized carbons (Fsp3) is 0.333. The summed E-state index contributed by atoms with van der Waals surface area (Å²) >= 11 is 6.14. The molecule has 2 aromatic rings. The summed E-state index contributed by atoms with van der Waals surface area (Å²) in [5, 5.41) is 12.8. The van der Waals surface area contributed by atoms with E-state index >= 15 is 0 Å². The third kappa shape index (κ3) is 5.90. The standard InChI is InChI=1S/C21H23ClN2O3/c1-14-10-19(11-15(2)20(14)22)27-9-8-17(12-23)21(25)24-13-16-4-6-18(26-3)7-5-16/h4-7,10-11,17H,8-9,13H2,1-3H3,(H,24,25). The quantitative estimate of drug-likeness (QED) is 0.738. The molecule has 6 heteroatoms. The topological polar surface area (TPSA) is 71.3 Å². The number of benzene rings is 2. The van der Waals surface area contributed by atoms with Crippen molar-refractivity contribution in [2.75, 3.05) is 13.7 Å². The molecule has 0 spiro atoms. The van der Waals surface area contributed by atoms with E-state index in [-0.39, 0.29) is 12.5 Å². The molecule has 1 amide bonds. The Labute approximate surface area is 164 Å². The molecule has 5 nitrogen and oxygen atoms in total. The maximum Gasteiger partial charge on any atom is 0.237 e. The molecular formula is C21H23ClN2O3. The first-order valence-corrected chi connectivity index (χ1v) is 9.02. The number of nitriles is 1. The molecule has 2 rings (SSSR count). The number of ether oxygens (including phenoxy) is 2. The number of carbonyl (C=O) groups excluding carboxylic acids is 1. The number of nitrogens with zero attached hydrogens (tertiary/aromatic N) is 1. The van der Waals surface area contributed by atoms with Crippen LogP contribution >= 0.6 is 11.6 Å². The highest BCUT2D eigenvalue weighted by molar-refractivity contribution is 6.32. The van der Waals surface area contributed by atoms with Crippen molar-refractivity contribution in [1.82, 2.24) is 5.32 Å². The first-order valence-electron chi connectivity index (χ1n) is 8.64. The number of aryl methyl sites for hydroxylation is 2. The van der Waals surface area contributed by atoms with Crippen molar-refractivity contribution in [1.29, 1.82) is 5.26 Å². The summed E-state index contributed by atoms with van der Waals surface area (Å²) in [6, 6.07) is 13.1. The highest BCUT2D eigenvalue weighted by atomic mass is 35.5. The van der Waals surface area contributed by atoms with Gasteiger partial charge in [0, 0.05) is 18.0 Å². The van der Waals surface area contributed by atoms with Gasteiger partial charge in [0.2, 0.25) is 5.91 Å². The molecule has 0 fully saturated rings. The number of hydrogen-bond donors (Lipinski definition) is 1. The van der Waals surface area contributed by atoms with E-state index in [0.717, 1.165) is 27.5 Å². The Bertz CT molecular complexity index is 805. The first kappa shape index (κ1) is 20.6. The van der Waals surface area contributed by atoms with Crippen LogP contribution in [0.3, 0.4) is 0 Å². The van der Waals surface area contributed by atoms with E-state index in [1.54, 1.807) is 7.11 Å². The Kier molecular flexibility index (Phi) is 7.51. The summed E-state index contributed by atoms with van der Waals surface area (Å²) in [6.07, 6.45) is 0.311. The zero-order valence-corrected chi connectivity index (χ0v) is 16.5. The van der Waals surface area contributed by atoms with Gasteiger partial charge in [-0.05, 0) is 54.8 Å². The van der Waals surface area contributed by atoms with E-state index in [2.05, 4.69) is 5.32 Å². The lowest BCUT2D eigenvalue weighted by Gasteiger charge is -2.13. The molecule has 0 saturated heterocycles. The number of nitrogens with one attached hydrogen (secondary N) is 1. The van der Waals surface area contributed by atoms with Crippen molar-refractivity contribution in [3.8, 4) is 17.6 Å². The maximum atomic E-state index is 12.2. The number of halogens is 1. The lowest BCUT2D eigenvalue weighted by Crippen LogP contribution is -2.30.